The average Bonchev–Trinajstić information content (AvgIpc) is 2.42. The van der Waals surface area contributed by atoms with Gasteiger partial charge in [0.05, 0.1) is 17.3 Å². The van der Waals surface area contributed by atoms with Gasteiger partial charge in [0.15, 0.2) is 5.82 Å². The van der Waals surface area contributed by atoms with Crippen LogP contribution in [0.15, 0.2) is 10.5 Å². The predicted octanol–water partition coefficient (Wildman–Crippen LogP) is 3.53. The summed E-state index contributed by atoms with van der Waals surface area (Å²) < 4.78 is 29.3. The Balaban J connectivity index is 3.19. The molecule has 126 valence electrons. The van der Waals surface area contributed by atoms with Crippen LogP contribution in [0.5, 0.6) is 0 Å². The van der Waals surface area contributed by atoms with Gasteiger partial charge in [-0.05, 0) is 22.0 Å². The molecule has 0 saturated carbocycles. The summed E-state index contributed by atoms with van der Waals surface area (Å²) in [6.07, 6.45) is 0. The zero-order chi connectivity index (χ0) is 17.9. The van der Waals surface area contributed by atoms with E-state index in [4.69, 9.17) is 34.8 Å². The van der Waals surface area contributed by atoms with Crippen LogP contribution in [0.25, 0.3) is 0 Å². The molecule has 0 bridgehead atoms. The number of hydrogen-bond acceptors (Lipinski definition) is 4. The SMILES string of the molecule is COC(=O)c1c(F)cc(Br)c(F)c1NC(=O)NC(=O)C(Cl)(Cl)Cl. The number of esters is 1. The van der Waals surface area contributed by atoms with Gasteiger partial charge in [-0.1, -0.05) is 34.8 Å². The van der Waals surface area contributed by atoms with Crippen molar-refractivity contribution in [2.24, 2.45) is 0 Å². The summed E-state index contributed by atoms with van der Waals surface area (Å²) in [6.45, 7) is 0. The molecular weight excluding hydrogens is 448 g/mol. The van der Waals surface area contributed by atoms with Gasteiger partial charge in [0.1, 0.15) is 11.4 Å². The molecule has 1 aromatic rings. The van der Waals surface area contributed by atoms with Crippen LogP contribution >= 0.6 is 50.7 Å². The first-order valence-electron chi connectivity index (χ1n) is 5.44. The van der Waals surface area contributed by atoms with Crippen LogP contribution < -0.4 is 10.6 Å². The fourth-order valence-corrected chi connectivity index (χ4v) is 1.87. The van der Waals surface area contributed by atoms with Crippen LogP contribution in [0.1, 0.15) is 10.4 Å². The van der Waals surface area contributed by atoms with E-state index < -0.39 is 44.6 Å². The molecule has 3 amide bonds. The van der Waals surface area contributed by atoms with Crippen molar-refractivity contribution in [3.05, 3.63) is 27.7 Å². The maximum absolute atomic E-state index is 14.0. The van der Waals surface area contributed by atoms with Crippen molar-refractivity contribution in [3.63, 3.8) is 0 Å². The predicted molar refractivity (Wildman–Crippen MR) is 82.8 cm³/mol. The van der Waals surface area contributed by atoms with E-state index in [-0.39, 0.29) is 4.47 Å². The summed E-state index contributed by atoms with van der Waals surface area (Å²) in [6, 6.07) is -0.695. The number of ether oxygens (including phenoxy) is 1. The van der Waals surface area contributed by atoms with E-state index in [1.807, 2.05) is 0 Å². The molecule has 0 saturated heterocycles. The minimum absolute atomic E-state index is 0.384. The number of anilines is 1. The van der Waals surface area contributed by atoms with Gasteiger partial charge in [0, 0.05) is 0 Å². The zero-order valence-electron chi connectivity index (χ0n) is 11.0. The minimum atomic E-state index is -2.45. The summed E-state index contributed by atoms with van der Waals surface area (Å²) in [7, 11) is 0.929. The van der Waals surface area contributed by atoms with Crippen molar-refractivity contribution in [1.82, 2.24) is 5.32 Å². The lowest BCUT2D eigenvalue weighted by Crippen LogP contribution is -2.41. The van der Waals surface area contributed by atoms with Crippen molar-refractivity contribution < 1.29 is 27.9 Å². The zero-order valence-corrected chi connectivity index (χ0v) is 14.8. The van der Waals surface area contributed by atoms with E-state index in [0.29, 0.717) is 6.07 Å². The van der Waals surface area contributed by atoms with Gasteiger partial charge in [-0.3, -0.25) is 10.1 Å². The summed E-state index contributed by atoms with van der Waals surface area (Å²) in [5.74, 6) is -4.94. The molecule has 1 rings (SSSR count). The van der Waals surface area contributed by atoms with Crippen LogP contribution in [0, 0.1) is 11.6 Å². The number of hydrogen-bond donors (Lipinski definition) is 2. The number of nitrogens with one attached hydrogen (secondary N) is 2. The number of carbonyl (C=O) groups is 3. The van der Waals surface area contributed by atoms with Gasteiger partial charge < -0.3 is 10.1 Å². The molecule has 1 aromatic carbocycles. The molecule has 0 fully saturated rings. The standard InChI is InChI=1S/C11H6BrCl3F2N2O4/c1-23-8(20)5-4(16)2-3(12)6(17)7(5)18-10(22)19-9(21)11(13,14)15/h2H,1H3,(H2,18,19,21,22). The Hall–Kier alpha value is -1.16. The number of benzene rings is 1. The van der Waals surface area contributed by atoms with Gasteiger partial charge >= 0.3 is 12.0 Å². The summed E-state index contributed by atoms with van der Waals surface area (Å²) in [4.78, 5) is 34.5. The van der Waals surface area contributed by atoms with Gasteiger partial charge in [-0.15, -0.1) is 0 Å². The molecule has 0 aliphatic heterocycles. The second-order valence-electron chi connectivity index (χ2n) is 3.80. The number of methoxy groups -OCH3 is 1. The fourth-order valence-electron chi connectivity index (χ4n) is 1.33. The molecule has 6 nitrogen and oxygen atoms in total. The van der Waals surface area contributed by atoms with E-state index in [1.54, 1.807) is 10.6 Å². The molecule has 2 N–H and O–H groups in total. The lowest BCUT2D eigenvalue weighted by Gasteiger charge is -2.14. The lowest BCUT2D eigenvalue weighted by molar-refractivity contribution is -0.119. The lowest BCUT2D eigenvalue weighted by atomic mass is 10.1. The second kappa shape index (κ2) is 7.61. The second-order valence-corrected chi connectivity index (χ2v) is 6.94. The minimum Gasteiger partial charge on any atom is -0.465 e. The summed E-state index contributed by atoms with van der Waals surface area (Å²) in [5, 5.41) is 3.36. The molecule has 0 unspecified atom stereocenters. The Morgan fingerprint density at radius 3 is 2.30 bits per heavy atom. The van der Waals surface area contributed by atoms with Crippen molar-refractivity contribution in [3.8, 4) is 0 Å². The highest BCUT2D eigenvalue weighted by molar-refractivity contribution is 9.10. The first kappa shape index (κ1) is 19.9. The van der Waals surface area contributed by atoms with Gasteiger partial charge in [-0.25, -0.2) is 18.4 Å². The number of rotatable bonds is 2. The number of imide groups is 1. The molecule has 0 aromatic heterocycles. The number of urea groups is 1. The van der Waals surface area contributed by atoms with Crippen LogP contribution in [0.4, 0.5) is 19.3 Å². The molecule has 12 heteroatoms. The molecular formula is C11H6BrCl3F2N2O4. The third-order valence-electron chi connectivity index (χ3n) is 2.28. The average molecular weight is 454 g/mol. The van der Waals surface area contributed by atoms with Crippen molar-refractivity contribution >= 4 is 74.3 Å². The third-order valence-corrected chi connectivity index (χ3v) is 3.38. The highest BCUT2D eigenvalue weighted by atomic mass is 79.9. The highest BCUT2D eigenvalue weighted by Gasteiger charge is 2.33. The van der Waals surface area contributed by atoms with Gasteiger partial charge in [-0.2, -0.15) is 0 Å². The summed E-state index contributed by atoms with van der Waals surface area (Å²) >= 11 is 18.4. The molecule has 0 aliphatic rings. The van der Waals surface area contributed by atoms with Crippen molar-refractivity contribution in [1.29, 1.82) is 0 Å². The Labute approximate surface area is 151 Å². The maximum atomic E-state index is 14.0. The van der Waals surface area contributed by atoms with E-state index in [1.165, 1.54) is 0 Å². The van der Waals surface area contributed by atoms with Crippen molar-refractivity contribution in [2.75, 3.05) is 12.4 Å². The number of halogens is 6. The maximum Gasteiger partial charge on any atom is 0.343 e. The Morgan fingerprint density at radius 2 is 1.83 bits per heavy atom. The molecule has 0 aliphatic carbocycles. The third kappa shape index (κ3) is 4.90. The van der Waals surface area contributed by atoms with Gasteiger partial charge in [0.25, 0.3) is 9.70 Å². The number of carbonyl (C=O) groups excluding carboxylic acids is 3. The Bertz CT molecular complexity index is 682. The van der Waals surface area contributed by atoms with Crippen molar-refractivity contribution in [2.45, 2.75) is 3.79 Å². The molecule has 23 heavy (non-hydrogen) atoms. The quantitative estimate of drug-likeness (QED) is 0.407. The van der Waals surface area contributed by atoms with E-state index in [2.05, 4.69) is 20.7 Å². The Kier molecular flexibility index (Phi) is 6.58. The normalized spacial score (nSPS) is 10.9. The van der Waals surface area contributed by atoms with E-state index in [9.17, 15) is 23.2 Å². The topological polar surface area (TPSA) is 84.5 Å². The number of amides is 3. The van der Waals surface area contributed by atoms with Crippen LogP contribution in [0.2, 0.25) is 0 Å². The largest absolute Gasteiger partial charge is 0.465 e. The van der Waals surface area contributed by atoms with E-state index in [0.717, 1.165) is 7.11 Å². The first-order valence-corrected chi connectivity index (χ1v) is 7.36. The molecule has 0 heterocycles. The highest BCUT2D eigenvalue weighted by Crippen LogP contribution is 2.30. The van der Waals surface area contributed by atoms with Crippen LogP contribution in [-0.2, 0) is 9.53 Å². The Morgan fingerprint density at radius 1 is 1.26 bits per heavy atom. The fraction of sp³-hybridized carbons (Fsp3) is 0.182. The molecule has 0 spiro atoms. The smallest absolute Gasteiger partial charge is 0.343 e. The van der Waals surface area contributed by atoms with Crippen LogP contribution in [-0.4, -0.2) is 28.8 Å². The molecule has 0 atom stereocenters. The summed E-state index contributed by atoms with van der Waals surface area (Å²) in [5.41, 5.74) is -1.75. The molecule has 0 radical (unpaired) electrons. The van der Waals surface area contributed by atoms with E-state index >= 15 is 0 Å². The first-order chi connectivity index (χ1) is 10.5. The number of alkyl halides is 3. The van der Waals surface area contributed by atoms with Crippen LogP contribution in [0.3, 0.4) is 0 Å². The monoisotopic (exact) mass is 452 g/mol. The van der Waals surface area contributed by atoms with Gasteiger partial charge in [0.2, 0.25) is 0 Å².